The van der Waals surface area contributed by atoms with E-state index in [0.29, 0.717) is 19.4 Å². The maximum Gasteiger partial charge on any atom is 0.511 e. The molecule has 7 nitrogen and oxygen atoms in total. The number of quaternary nitrogens is 1. The third-order valence-corrected chi connectivity index (χ3v) is 8.05. The normalized spacial score (nSPS) is 12.0. The van der Waals surface area contributed by atoms with Gasteiger partial charge in [0.25, 0.3) is 0 Å². The molecule has 0 fully saturated rings. The van der Waals surface area contributed by atoms with Gasteiger partial charge in [0.2, 0.25) is 0 Å². The molecule has 0 aliphatic carbocycles. The molecular weight excluding hydrogens is 609 g/mol. The molecule has 2 N–H and O–H groups in total. The Balaban J connectivity index is 0. The Kier molecular flexibility index (Phi) is 32.4. The van der Waals surface area contributed by atoms with Gasteiger partial charge in [-0.2, -0.15) is 0 Å². The molecule has 0 aromatic rings. The molecule has 1 atom stereocenters. The highest BCUT2D eigenvalue weighted by Crippen LogP contribution is 2.15. The van der Waals surface area contributed by atoms with E-state index >= 15 is 0 Å². The Hall–Kier alpha value is -0.635. The molecule has 0 aliphatic rings. The predicted molar refractivity (Wildman–Crippen MR) is 175 cm³/mol. The number of likely N-dealkylation sites (N-methyl/N-ethyl adjacent to an activating group) is 1. The van der Waals surface area contributed by atoms with E-state index in [1.807, 2.05) is 14.1 Å². The first-order chi connectivity index (χ1) is 20.2. The van der Waals surface area contributed by atoms with E-state index in [-0.39, 0.29) is 46.5 Å². The van der Waals surface area contributed by atoms with Crippen LogP contribution in [-0.4, -0.2) is 73.4 Å². The first-order valence-electron chi connectivity index (χ1n) is 17.7. The fourth-order valence-corrected chi connectivity index (χ4v) is 5.56. The van der Waals surface area contributed by atoms with Gasteiger partial charge >= 0.3 is 19.1 Å². The van der Waals surface area contributed by atoms with Crippen molar-refractivity contribution in [2.45, 2.75) is 174 Å². The van der Waals surface area contributed by atoms with Gasteiger partial charge in [0.1, 0.15) is 19.6 Å². The molecular formula is C34H69BBrNO6. The number of rotatable bonds is 31. The average molecular weight is 679 g/mol. The summed E-state index contributed by atoms with van der Waals surface area (Å²) in [7, 11) is 2.23. The number of esters is 2. The SMILES string of the molecule is CCCCCCCCCCCCCC(=O)OCC(C[N+](C)(C)CB(O)O)OC(=O)CCCCCCCCCCCCC.[Br-]. The molecule has 0 rings (SSSR count). The third kappa shape index (κ3) is 32.6. The summed E-state index contributed by atoms with van der Waals surface area (Å²) in [5.41, 5.74) is 0. The van der Waals surface area contributed by atoms with Crippen LogP contribution < -0.4 is 17.0 Å². The van der Waals surface area contributed by atoms with Gasteiger partial charge in [-0.05, 0) is 12.8 Å². The van der Waals surface area contributed by atoms with E-state index in [9.17, 15) is 19.6 Å². The second-order valence-electron chi connectivity index (χ2n) is 13.1. The van der Waals surface area contributed by atoms with Gasteiger partial charge in [-0.1, -0.05) is 142 Å². The molecule has 0 amide bonds. The number of unbranched alkanes of at least 4 members (excludes halogenated alkanes) is 20. The van der Waals surface area contributed by atoms with Crippen molar-refractivity contribution in [1.29, 1.82) is 0 Å². The summed E-state index contributed by atoms with van der Waals surface area (Å²) in [6.45, 7) is 4.83. The van der Waals surface area contributed by atoms with Gasteiger partial charge in [0.15, 0.2) is 6.10 Å². The van der Waals surface area contributed by atoms with E-state index < -0.39 is 13.2 Å². The van der Waals surface area contributed by atoms with E-state index in [0.717, 1.165) is 38.5 Å². The zero-order chi connectivity index (χ0) is 31.3. The zero-order valence-electron chi connectivity index (χ0n) is 28.6. The van der Waals surface area contributed by atoms with E-state index in [2.05, 4.69) is 13.8 Å². The van der Waals surface area contributed by atoms with Crippen molar-refractivity contribution in [1.82, 2.24) is 0 Å². The lowest BCUT2D eigenvalue weighted by Gasteiger charge is -2.32. The first kappa shape index (κ1) is 44.5. The van der Waals surface area contributed by atoms with Crippen LogP contribution in [0.25, 0.3) is 0 Å². The Bertz CT molecular complexity index is 638. The molecule has 9 heteroatoms. The summed E-state index contributed by atoms with van der Waals surface area (Å²) < 4.78 is 11.5. The molecule has 43 heavy (non-hydrogen) atoms. The zero-order valence-corrected chi connectivity index (χ0v) is 30.2. The van der Waals surface area contributed by atoms with Crippen molar-refractivity contribution < 1.29 is 50.6 Å². The lowest BCUT2D eigenvalue weighted by Crippen LogP contribution is -3.00. The molecule has 0 saturated heterocycles. The third-order valence-electron chi connectivity index (χ3n) is 8.05. The van der Waals surface area contributed by atoms with Crippen LogP contribution >= 0.6 is 0 Å². The molecule has 0 saturated carbocycles. The largest absolute Gasteiger partial charge is 1.00 e. The number of ether oxygens (including phenoxy) is 2. The molecule has 0 aromatic heterocycles. The van der Waals surface area contributed by atoms with E-state index in [1.54, 1.807) is 0 Å². The van der Waals surface area contributed by atoms with Crippen molar-refractivity contribution >= 4 is 19.1 Å². The molecule has 0 aromatic carbocycles. The molecule has 0 spiro atoms. The van der Waals surface area contributed by atoms with Crippen LogP contribution in [0.1, 0.15) is 168 Å². The summed E-state index contributed by atoms with van der Waals surface area (Å²) in [6, 6.07) is 0. The minimum absolute atomic E-state index is 0. The molecule has 1 unspecified atom stereocenters. The highest BCUT2D eigenvalue weighted by molar-refractivity contribution is 6.40. The molecule has 0 radical (unpaired) electrons. The minimum Gasteiger partial charge on any atom is -1.00 e. The molecule has 0 bridgehead atoms. The average Bonchev–Trinajstić information content (AvgIpc) is 2.92. The van der Waals surface area contributed by atoms with Crippen LogP contribution in [-0.2, 0) is 19.1 Å². The number of carbonyl (C=O) groups excluding carboxylic acids is 2. The number of nitrogens with zero attached hydrogens (tertiary/aromatic N) is 1. The van der Waals surface area contributed by atoms with Crippen LogP contribution in [0, 0.1) is 0 Å². The lowest BCUT2D eigenvalue weighted by molar-refractivity contribution is -0.884. The fraction of sp³-hybridized carbons (Fsp3) is 0.941. The van der Waals surface area contributed by atoms with Crippen LogP contribution in [0.3, 0.4) is 0 Å². The quantitative estimate of drug-likeness (QED) is 0.0468. The standard InChI is InChI=1S/C34H69BNO6.BrH/c1-5-7-9-11-13-15-17-19-21-23-25-27-33(37)41-30-32(29-36(3,4)31-35(39)40)42-34(38)28-26-24-22-20-18-16-14-12-10-8-6-2;/h32,39-40H,5-31H2,1-4H3;1H/q+1;/p-1. The van der Waals surface area contributed by atoms with Crippen molar-refractivity contribution in [2.24, 2.45) is 0 Å². The summed E-state index contributed by atoms with van der Waals surface area (Å²) in [5.74, 6) is -0.535. The van der Waals surface area contributed by atoms with Crippen LogP contribution in [0.15, 0.2) is 0 Å². The number of carbonyl (C=O) groups is 2. The van der Waals surface area contributed by atoms with Gasteiger partial charge in [0.05, 0.1) is 14.1 Å². The topological polar surface area (TPSA) is 93.1 Å². The Labute approximate surface area is 276 Å². The van der Waals surface area contributed by atoms with Crippen molar-refractivity contribution in [2.75, 3.05) is 33.7 Å². The fourth-order valence-electron chi connectivity index (χ4n) is 5.56. The molecule has 256 valence electrons. The summed E-state index contributed by atoms with van der Waals surface area (Å²) in [6.07, 6.45) is 27.1. The van der Waals surface area contributed by atoms with Crippen LogP contribution in [0.2, 0.25) is 0 Å². The predicted octanol–water partition coefficient (Wildman–Crippen LogP) is 4.94. The highest BCUT2D eigenvalue weighted by Gasteiger charge is 2.30. The second kappa shape index (κ2) is 31.4. The van der Waals surface area contributed by atoms with E-state index in [4.69, 9.17) is 9.47 Å². The van der Waals surface area contributed by atoms with Crippen molar-refractivity contribution in [3.8, 4) is 0 Å². The lowest BCUT2D eigenvalue weighted by atomic mass is 9.90. The monoisotopic (exact) mass is 677 g/mol. The van der Waals surface area contributed by atoms with Crippen LogP contribution in [0.5, 0.6) is 0 Å². The van der Waals surface area contributed by atoms with E-state index in [1.165, 1.54) is 103 Å². The minimum atomic E-state index is -1.46. The Morgan fingerprint density at radius 1 is 0.605 bits per heavy atom. The van der Waals surface area contributed by atoms with Crippen molar-refractivity contribution in [3.05, 3.63) is 0 Å². The van der Waals surface area contributed by atoms with Gasteiger partial charge in [-0.3, -0.25) is 9.59 Å². The Morgan fingerprint density at radius 3 is 1.33 bits per heavy atom. The van der Waals surface area contributed by atoms with Gasteiger partial charge in [-0.25, -0.2) is 0 Å². The molecule has 0 aliphatic heterocycles. The van der Waals surface area contributed by atoms with Gasteiger partial charge < -0.3 is 41.0 Å². The molecule has 0 heterocycles. The second-order valence-corrected chi connectivity index (χ2v) is 13.1. The van der Waals surface area contributed by atoms with Gasteiger partial charge in [0, 0.05) is 12.8 Å². The summed E-state index contributed by atoms with van der Waals surface area (Å²) >= 11 is 0. The number of hydrogen-bond donors (Lipinski definition) is 2. The van der Waals surface area contributed by atoms with Crippen molar-refractivity contribution in [3.63, 3.8) is 0 Å². The maximum atomic E-state index is 12.6. The first-order valence-corrected chi connectivity index (χ1v) is 17.7. The summed E-state index contributed by atoms with van der Waals surface area (Å²) in [5, 5.41) is 18.9. The van der Waals surface area contributed by atoms with Crippen LogP contribution in [0.4, 0.5) is 0 Å². The number of halogens is 1. The highest BCUT2D eigenvalue weighted by atomic mass is 79.9. The summed E-state index contributed by atoms with van der Waals surface area (Å²) in [4.78, 5) is 25.0. The smallest absolute Gasteiger partial charge is 0.511 e. The maximum absolute atomic E-state index is 12.6. The number of hydrogen-bond acceptors (Lipinski definition) is 6. The Morgan fingerprint density at radius 2 is 0.953 bits per heavy atom. The van der Waals surface area contributed by atoms with Gasteiger partial charge in [-0.15, -0.1) is 0 Å².